The lowest BCUT2D eigenvalue weighted by Gasteiger charge is -2.34. The van der Waals surface area contributed by atoms with Gasteiger partial charge in [-0.25, -0.2) is 14.2 Å². The lowest BCUT2D eigenvalue weighted by atomic mass is 9.83. The van der Waals surface area contributed by atoms with Crippen molar-refractivity contribution in [3.05, 3.63) is 60.7 Å². The first-order valence-electron chi connectivity index (χ1n) is 21.4. The summed E-state index contributed by atoms with van der Waals surface area (Å²) >= 11 is -2.25. The van der Waals surface area contributed by atoms with Crippen LogP contribution in [0.2, 0.25) is 0 Å². The molecule has 0 fully saturated rings. The number of aromatic nitrogens is 4. The highest BCUT2D eigenvalue weighted by Gasteiger charge is 2.35. The fourth-order valence-corrected chi connectivity index (χ4v) is 7.75. The predicted octanol–water partition coefficient (Wildman–Crippen LogP) is 2.39. The molecule has 374 valence electrons. The Hall–Kier alpha value is -6.93. The van der Waals surface area contributed by atoms with Gasteiger partial charge in [-0.1, -0.05) is 0 Å². The van der Waals surface area contributed by atoms with Crippen molar-refractivity contribution in [3.63, 3.8) is 0 Å². The maximum atomic E-state index is 13.7. The van der Waals surface area contributed by atoms with Gasteiger partial charge in [0.1, 0.15) is 30.5 Å². The summed E-state index contributed by atoms with van der Waals surface area (Å²) in [7, 11) is 0. The number of rotatable bonds is 36. The van der Waals surface area contributed by atoms with Crippen molar-refractivity contribution < 1.29 is 82.5 Å². The molecule has 0 saturated heterocycles. The number of aliphatic carboxylic acids is 6. The van der Waals surface area contributed by atoms with Crippen LogP contribution in [0.5, 0.6) is 5.75 Å². The lowest BCUT2D eigenvalue weighted by Crippen LogP contribution is -2.50. The summed E-state index contributed by atoms with van der Waals surface area (Å²) in [6, 6.07) is 6.38. The molecule has 0 aliphatic heterocycles. The number of unbranched alkanes of at least 4 members (excludes halogenated alkanes) is 1. The number of amides is 2. The van der Waals surface area contributed by atoms with E-state index in [-0.39, 0.29) is 71.3 Å². The second-order valence-corrected chi connectivity index (χ2v) is 16.8. The van der Waals surface area contributed by atoms with E-state index in [1.807, 2.05) is 4.90 Å². The maximum absolute atomic E-state index is 13.7. The van der Waals surface area contributed by atoms with Gasteiger partial charge in [0.05, 0.1) is 19.7 Å². The van der Waals surface area contributed by atoms with E-state index in [2.05, 4.69) is 25.3 Å². The summed E-state index contributed by atoms with van der Waals surface area (Å²) in [4.78, 5) is 107. The number of benzene rings is 1. The van der Waals surface area contributed by atoms with Gasteiger partial charge in [0.2, 0.25) is 11.8 Å². The number of imidazole rings is 2. The first kappa shape index (κ1) is 55.4. The van der Waals surface area contributed by atoms with Gasteiger partial charge in [0.15, 0.2) is 0 Å². The van der Waals surface area contributed by atoms with E-state index < -0.39 is 108 Å². The molecule has 25 nitrogen and oxygen atoms in total. The molecule has 3 aromatic rings. The van der Waals surface area contributed by atoms with Crippen molar-refractivity contribution in [1.82, 2.24) is 34.6 Å². The average molecular weight is 979 g/mol. The molecule has 3 rings (SSSR count). The lowest BCUT2D eigenvalue weighted by molar-refractivity contribution is -0.141. The molecule has 26 heteroatoms. The van der Waals surface area contributed by atoms with Gasteiger partial charge in [-0.2, -0.15) is 0 Å². The Balaban J connectivity index is 1.86. The number of ether oxygens (including phenoxy) is 1. The van der Waals surface area contributed by atoms with Crippen molar-refractivity contribution in [2.75, 3.05) is 17.9 Å². The highest BCUT2D eigenvalue weighted by molar-refractivity contribution is 7.80. The average Bonchev–Trinajstić information content (AvgIpc) is 3.89. The van der Waals surface area contributed by atoms with E-state index in [1.165, 1.54) is 33.9 Å². The topological polar surface area (TPSA) is 379 Å². The smallest absolute Gasteiger partial charge is 0.303 e. The molecule has 2 heterocycles. The van der Waals surface area contributed by atoms with E-state index >= 15 is 0 Å². The highest BCUT2D eigenvalue weighted by Crippen LogP contribution is 2.28. The first-order valence-corrected chi connectivity index (χ1v) is 22.5. The molecule has 0 bridgehead atoms. The van der Waals surface area contributed by atoms with Crippen LogP contribution in [-0.2, 0) is 75.8 Å². The van der Waals surface area contributed by atoms with Crippen molar-refractivity contribution in [1.29, 1.82) is 0 Å². The monoisotopic (exact) mass is 978 g/mol. The Bertz CT molecular complexity index is 2000. The molecule has 1 atom stereocenters. The zero-order chi connectivity index (χ0) is 50.3. The van der Waals surface area contributed by atoms with Gasteiger partial charge in [-0.3, -0.25) is 52.5 Å². The maximum Gasteiger partial charge on any atom is 0.303 e. The predicted molar refractivity (Wildman–Crippen MR) is 237 cm³/mol. The summed E-state index contributed by atoms with van der Waals surface area (Å²) in [6.07, 6.45) is 2.82. The minimum atomic E-state index is -2.25. The van der Waals surface area contributed by atoms with Gasteiger partial charge in [-0.05, 0) is 82.2 Å². The number of carbonyl (C=O) groups is 8. The van der Waals surface area contributed by atoms with Crippen LogP contribution in [0.15, 0.2) is 49.1 Å². The first-order chi connectivity index (χ1) is 32.2. The highest BCUT2D eigenvalue weighted by atomic mass is 32.2. The van der Waals surface area contributed by atoms with Crippen LogP contribution in [0.1, 0.15) is 102 Å². The van der Waals surface area contributed by atoms with Crippen LogP contribution in [0.3, 0.4) is 0 Å². The van der Waals surface area contributed by atoms with E-state index in [0.717, 1.165) is 0 Å². The number of carboxylic acids is 6. The summed E-state index contributed by atoms with van der Waals surface area (Å²) in [5, 5.41) is 61.9. The van der Waals surface area contributed by atoms with E-state index in [1.54, 1.807) is 24.3 Å². The van der Waals surface area contributed by atoms with Crippen LogP contribution in [0.4, 0.5) is 5.69 Å². The fraction of sp³-hybridized carbons (Fsp3) is 0.524. The quantitative estimate of drug-likeness (QED) is 0.0295. The van der Waals surface area contributed by atoms with Crippen LogP contribution >= 0.6 is 0 Å². The number of anilines is 1. The summed E-state index contributed by atoms with van der Waals surface area (Å²) in [5.41, 5.74) is -2.53. The Morgan fingerprint density at radius 2 is 0.956 bits per heavy atom. The molecule has 0 aliphatic carbocycles. The summed E-state index contributed by atoms with van der Waals surface area (Å²) in [6.45, 7) is 0.0970. The van der Waals surface area contributed by atoms with E-state index in [4.69, 9.17) is 9.29 Å². The molecule has 2 aromatic heterocycles. The zero-order valence-corrected chi connectivity index (χ0v) is 37.9. The minimum absolute atomic E-state index is 0.0890. The molecule has 0 spiro atoms. The number of hydrogen-bond acceptors (Lipinski definition) is 13. The number of carboxylic acid groups (broad SMARTS) is 6. The van der Waals surface area contributed by atoms with Crippen molar-refractivity contribution in [2.45, 2.75) is 127 Å². The number of carbonyl (C=O) groups excluding carboxylic acids is 2. The Labute approximate surface area is 392 Å². The van der Waals surface area contributed by atoms with Crippen LogP contribution in [0, 0.1) is 0 Å². The second kappa shape index (κ2) is 27.6. The van der Waals surface area contributed by atoms with Gasteiger partial charge in [-0.15, -0.1) is 0 Å². The minimum Gasteiger partial charge on any atom is -0.494 e. The molecule has 0 radical (unpaired) electrons. The molecule has 68 heavy (non-hydrogen) atoms. The number of nitrogens with one attached hydrogen (secondary N) is 3. The third kappa shape index (κ3) is 21.1. The molecule has 1 aromatic carbocycles. The van der Waals surface area contributed by atoms with E-state index in [0.29, 0.717) is 42.5 Å². The van der Waals surface area contributed by atoms with Crippen molar-refractivity contribution in [3.8, 4) is 5.75 Å². The largest absolute Gasteiger partial charge is 0.494 e. The standard InChI is InChI=1S/C42H58N8O17S/c51-33(45-41(13-7-35(53)54,14-8-36(55)56)15-9-37(57)58)27-49-22-19-43-31(49)25-48(21-1-2-24-67-30-5-3-29(4-6-30)47-68(65)66)26-32-44-20-23-50(32)28-34(52)46-42(16-10-38(59)60,17-11-39(61)62)18-12-40(63)64/h3-6,19-20,22-23,47H,1-2,7-18,21,24-28H2,(H,45,51)(H,46,52)(H,53,54)(H,55,56)(H,57,58)(H,59,60)(H,61,62)(H,63,64)(H,65,66). The van der Waals surface area contributed by atoms with Crippen LogP contribution < -0.4 is 20.1 Å². The molecule has 2 amide bonds. The summed E-state index contributed by atoms with van der Waals surface area (Å²) in [5.74, 6) is -7.40. The third-order valence-electron chi connectivity index (χ3n) is 10.9. The molecule has 0 saturated carbocycles. The summed E-state index contributed by atoms with van der Waals surface area (Å²) < 4.78 is 31.3. The molecular formula is C42H58N8O17S. The van der Waals surface area contributed by atoms with Crippen LogP contribution in [-0.4, -0.2) is 135 Å². The Morgan fingerprint density at radius 1 is 0.588 bits per heavy atom. The number of hydrogen-bond donors (Lipinski definition) is 10. The van der Waals surface area contributed by atoms with Crippen LogP contribution in [0.25, 0.3) is 0 Å². The van der Waals surface area contributed by atoms with Crippen molar-refractivity contribution in [2.24, 2.45) is 0 Å². The van der Waals surface area contributed by atoms with Gasteiger partial charge >= 0.3 is 35.8 Å². The normalized spacial score (nSPS) is 12.0. The Morgan fingerprint density at radius 3 is 1.29 bits per heavy atom. The number of nitrogens with zero attached hydrogens (tertiary/aromatic N) is 5. The van der Waals surface area contributed by atoms with Gasteiger partial charge in [0, 0.05) is 80.1 Å². The molecule has 1 unspecified atom stereocenters. The molecular weight excluding hydrogens is 921 g/mol. The third-order valence-corrected chi connectivity index (χ3v) is 11.3. The van der Waals surface area contributed by atoms with E-state index in [9.17, 15) is 73.2 Å². The Kier molecular flexibility index (Phi) is 22.5. The molecule has 0 aliphatic rings. The molecule has 10 N–H and O–H groups in total. The van der Waals surface area contributed by atoms with Gasteiger partial charge < -0.3 is 55.1 Å². The zero-order valence-electron chi connectivity index (χ0n) is 37.1. The SMILES string of the molecule is O=C(O)CCC(CCC(=O)O)(CCC(=O)O)NC(=O)Cn1ccnc1CN(CCCCOc1ccc(NS(=O)O)cc1)Cc1nccn1CC(=O)NC(CCC(=O)O)(CCC(=O)O)CCC(=O)O. The fourth-order valence-electron chi connectivity index (χ4n) is 7.42. The second-order valence-electron chi connectivity index (χ2n) is 16.1. The van der Waals surface area contributed by atoms with Crippen molar-refractivity contribution >= 4 is 64.6 Å². The van der Waals surface area contributed by atoms with Gasteiger partial charge in [0.25, 0.3) is 11.3 Å².